The zero-order valence-electron chi connectivity index (χ0n) is 14.8. The number of alkyl halides is 1. The molecule has 0 aromatic heterocycles. The molecule has 0 radical (unpaired) electrons. The monoisotopic (exact) mass is 442 g/mol. The van der Waals surface area contributed by atoms with Crippen LogP contribution in [-0.2, 0) is 19.1 Å². The van der Waals surface area contributed by atoms with Crippen molar-refractivity contribution in [3.8, 4) is 11.1 Å². The van der Waals surface area contributed by atoms with Crippen molar-refractivity contribution in [1.82, 2.24) is 5.32 Å². The van der Waals surface area contributed by atoms with E-state index in [4.69, 9.17) is 34.8 Å². The number of rotatable bonds is 7. The van der Waals surface area contributed by atoms with E-state index in [1.54, 1.807) is 12.1 Å². The number of ether oxygens (including phenoxy) is 1. The summed E-state index contributed by atoms with van der Waals surface area (Å²) in [6.07, 6.45) is 0. The van der Waals surface area contributed by atoms with Gasteiger partial charge in [0.2, 0.25) is 11.8 Å². The minimum atomic E-state index is -1.29. The molecule has 0 spiro atoms. The van der Waals surface area contributed by atoms with Gasteiger partial charge in [0.1, 0.15) is 5.88 Å². The number of methoxy groups -OCH3 is 1. The van der Waals surface area contributed by atoms with Gasteiger partial charge in [0, 0.05) is 6.54 Å². The maximum absolute atomic E-state index is 12.6. The molecule has 148 valence electrons. The molecule has 0 aliphatic rings. The molecule has 2 amide bonds. The molecular weight excluding hydrogens is 427 g/mol. The summed E-state index contributed by atoms with van der Waals surface area (Å²) >= 11 is 18.0. The largest absolute Gasteiger partial charge is 0.468 e. The van der Waals surface area contributed by atoms with Crippen molar-refractivity contribution in [2.75, 3.05) is 24.9 Å². The zero-order chi connectivity index (χ0) is 20.7. The van der Waals surface area contributed by atoms with Crippen molar-refractivity contribution in [3.63, 3.8) is 0 Å². The lowest BCUT2D eigenvalue weighted by molar-refractivity contribution is -0.148. The topological polar surface area (TPSA) is 84.5 Å². The predicted molar refractivity (Wildman–Crippen MR) is 110 cm³/mol. The van der Waals surface area contributed by atoms with Crippen LogP contribution in [0.1, 0.15) is 0 Å². The van der Waals surface area contributed by atoms with Crippen molar-refractivity contribution < 1.29 is 19.1 Å². The van der Waals surface area contributed by atoms with Gasteiger partial charge in [-0.2, -0.15) is 0 Å². The second-order valence-corrected chi connectivity index (χ2v) is 6.77. The standard InChI is InChI=1S/C19H17Cl3N2O4/c1-28-19(27)13(10-23-16(25)9-20)18(26)24-17-14(21)7-12(8-15(17)22)11-5-3-2-4-6-11/h2-8,13H,9-10H2,1H3,(H,23,25)(H,24,26)/t13-/m0/s1. The average Bonchev–Trinajstić information content (AvgIpc) is 2.70. The highest BCUT2D eigenvalue weighted by Gasteiger charge is 2.29. The van der Waals surface area contributed by atoms with Gasteiger partial charge in [-0.25, -0.2) is 0 Å². The molecule has 0 saturated carbocycles. The lowest BCUT2D eigenvalue weighted by atomic mass is 10.0. The fourth-order valence-electron chi connectivity index (χ4n) is 2.39. The van der Waals surface area contributed by atoms with E-state index in [0.29, 0.717) is 0 Å². The van der Waals surface area contributed by atoms with Gasteiger partial charge in [-0.1, -0.05) is 53.5 Å². The van der Waals surface area contributed by atoms with Gasteiger partial charge in [0.15, 0.2) is 5.92 Å². The number of nitrogens with one attached hydrogen (secondary N) is 2. The first-order valence-corrected chi connectivity index (χ1v) is 9.42. The number of hydrogen-bond acceptors (Lipinski definition) is 4. The molecule has 0 heterocycles. The van der Waals surface area contributed by atoms with Gasteiger partial charge in [-0.3, -0.25) is 14.4 Å². The van der Waals surface area contributed by atoms with Gasteiger partial charge in [0.25, 0.3) is 0 Å². The lowest BCUT2D eigenvalue weighted by Gasteiger charge is -2.17. The average molecular weight is 444 g/mol. The number of benzene rings is 2. The Labute approximate surface area is 177 Å². The van der Waals surface area contributed by atoms with Gasteiger partial charge in [-0.05, 0) is 23.3 Å². The van der Waals surface area contributed by atoms with Crippen LogP contribution < -0.4 is 10.6 Å². The molecule has 0 unspecified atom stereocenters. The number of esters is 1. The summed E-state index contributed by atoms with van der Waals surface area (Å²) in [5, 5.41) is 5.31. The molecule has 1 atom stereocenters. The molecule has 0 saturated heterocycles. The predicted octanol–water partition coefficient (Wildman–Crippen LogP) is 3.74. The smallest absolute Gasteiger partial charge is 0.320 e. The fraction of sp³-hybridized carbons (Fsp3) is 0.211. The summed E-state index contributed by atoms with van der Waals surface area (Å²) < 4.78 is 4.62. The van der Waals surface area contributed by atoms with E-state index >= 15 is 0 Å². The highest BCUT2D eigenvalue weighted by atomic mass is 35.5. The molecular formula is C19H17Cl3N2O4. The van der Waals surface area contributed by atoms with Crippen LogP contribution in [0.15, 0.2) is 42.5 Å². The molecule has 6 nitrogen and oxygen atoms in total. The van der Waals surface area contributed by atoms with Gasteiger partial charge in [0.05, 0.1) is 22.8 Å². The second-order valence-electron chi connectivity index (χ2n) is 5.68. The van der Waals surface area contributed by atoms with E-state index < -0.39 is 23.7 Å². The Hall–Kier alpha value is -2.28. The first-order chi connectivity index (χ1) is 13.4. The Balaban J connectivity index is 2.23. The number of carbonyl (C=O) groups excluding carboxylic acids is 3. The molecule has 2 N–H and O–H groups in total. The molecule has 0 fully saturated rings. The minimum Gasteiger partial charge on any atom is -0.468 e. The molecule has 0 aliphatic heterocycles. The van der Waals surface area contributed by atoms with Crippen LogP contribution in [-0.4, -0.2) is 37.3 Å². The number of carbonyl (C=O) groups is 3. The summed E-state index contributed by atoms with van der Waals surface area (Å²) in [6, 6.07) is 12.7. The Morgan fingerprint density at radius 1 is 1.04 bits per heavy atom. The molecule has 2 aromatic rings. The Bertz CT molecular complexity index is 852. The van der Waals surface area contributed by atoms with E-state index in [2.05, 4.69) is 15.4 Å². The highest BCUT2D eigenvalue weighted by molar-refractivity contribution is 6.40. The Morgan fingerprint density at radius 3 is 2.18 bits per heavy atom. The van der Waals surface area contributed by atoms with Crippen LogP contribution in [0.2, 0.25) is 10.0 Å². The molecule has 2 aromatic carbocycles. The van der Waals surface area contributed by atoms with Crippen molar-refractivity contribution in [2.45, 2.75) is 0 Å². The maximum Gasteiger partial charge on any atom is 0.320 e. The van der Waals surface area contributed by atoms with Gasteiger partial charge < -0.3 is 15.4 Å². The van der Waals surface area contributed by atoms with Crippen molar-refractivity contribution >= 4 is 58.3 Å². The quantitative estimate of drug-likeness (QED) is 0.388. The SMILES string of the molecule is COC(=O)[C@@H](CNC(=O)CCl)C(=O)Nc1c(Cl)cc(-c2ccccc2)cc1Cl. The molecule has 9 heteroatoms. The molecule has 28 heavy (non-hydrogen) atoms. The van der Waals surface area contributed by atoms with E-state index in [-0.39, 0.29) is 28.2 Å². The number of hydrogen-bond donors (Lipinski definition) is 2. The Kier molecular flexibility index (Phi) is 8.11. The zero-order valence-corrected chi connectivity index (χ0v) is 17.1. The van der Waals surface area contributed by atoms with Crippen LogP contribution in [0.3, 0.4) is 0 Å². The normalized spacial score (nSPS) is 11.4. The number of halogens is 3. The van der Waals surface area contributed by atoms with Crippen LogP contribution in [0.5, 0.6) is 0 Å². The van der Waals surface area contributed by atoms with Crippen molar-refractivity contribution in [3.05, 3.63) is 52.5 Å². The summed E-state index contributed by atoms with van der Waals surface area (Å²) in [5.74, 6) is -3.66. The first kappa shape index (κ1) is 22.0. The van der Waals surface area contributed by atoms with Crippen LogP contribution in [0, 0.1) is 5.92 Å². The van der Waals surface area contributed by atoms with E-state index in [1.807, 2.05) is 30.3 Å². The van der Waals surface area contributed by atoms with Gasteiger partial charge >= 0.3 is 5.97 Å². The maximum atomic E-state index is 12.6. The molecule has 0 bridgehead atoms. The van der Waals surface area contributed by atoms with E-state index in [1.165, 1.54) is 0 Å². The van der Waals surface area contributed by atoms with Crippen molar-refractivity contribution in [1.29, 1.82) is 0 Å². The third-order valence-corrected chi connectivity index (χ3v) is 4.66. The van der Waals surface area contributed by atoms with E-state index in [0.717, 1.165) is 18.2 Å². The van der Waals surface area contributed by atoms with E-state index in [9.17, 15) is 14.4 Å². The summed E-state index contributed by atoms with van der Waals surface area (Å²) in [6.45, 7) is -0.276. The second kappa shape index (κ2) is 10.3. The summed E-state index contributed by atoms with van der Waals surface area (Å²) in [7, 11) is 1.14. The van der Waals surface area contributed by atoms with Crippen molar-refractivity contribution in [2.24, 2.45) is 5.92 Å². The highest BCUT2D eigenvalue weighted by Crippen LogP contribution is 2.36. The summed E-state index contributed by atoms with van der Waals surface area (Å²) in [4.78, 5) is 35.8. The minimum absolute atomic E-state index is 0.158. The summed E-state index contributed by atoms with van der Waals surface area (Å²) in [5.41, 5.74) is 1.83. The van der Waals surface area contributed by atoms with Gasteiger partial charge in [-0.15, -0.1) is 11.6 Å². The Morgan fingerprint density at radius 2 is 1.64 bits per heavy atom. The lowest BCUT2D eigenvalue weighted by Crippen LogP contribution is -2.41. The number of amides is 2. The molecule has 2 rings (SSSR count). The third-order valence-electron chi connectivity index (χ3n) is 3.82. The van der Waals surface area contributed by atoms with Crippen LogP contribution >= 0.6 is 34.8 Å². The number of anilines is 1. The first-order valence-electron chi connectivity index (χ1n) is 8.13. The third kappa shape index (κ3) is 5.61. The van der Waals surface area contributed by atoms with Crippen LogP contribution in [0.4, 0.5) is 5.69 Å². The van der Waals surface area contributed by atoms with Crippen LogP contribution in [0.25, 0.3) is 11.1 Å². The molecule has 0 aliphatic carbocycles. The fourth-order valence-corrected chi connectivity index (χ4v) is 3.06.